The molecule has 3 saturated carbocycles. The van der Waals surface area contributed by atoms with E-state index in [0.29, 0.717) is 29.5 Å². The van der Waals surface area contributed by atoms with Crippen LogP contribution in [0.25, 0.3) is 0 Å². The summed E-state index contributed by atoms with van der Waals surface area (Å²) < 4.78 is 46.4. The Labute approximate surface area is 188 Å². The Balaban J connectivity index is 1.19. The van der Waals surface area contributed by atoms with Crippen molar-refractivity contribution < 1.29 is 32.2 Å². The van der Waals surface area contributed by atoms with Crippen LogP contribution in [-0.4, -0.2) is 49.1 Å². The summed E-state index contributed by atoms with van der Waals surface area (Å²) in [6.07, 6.45) is -3.19. The normalized spacial score (nSPS) is 31.5. The lowest BCUT2D eigenvalue weighted by Crippen LogP contribution is -2.56. The number of alkyl halides is 3. The van der Waals surface area contributed by atoms with E-state index in [1.54, 1.807) is 24.3 Å². The maximum absolute atomic E-state index is 12.7. The molecule has 1 aromatic carbocycles. The maximum atomic E-state index is 12.7. The molecule has 7 nitrogen and oxygen atoms in total. The van der Waals surface area contributed by atoms with Crippen LogP contribution in [0.15, 0.2) is 24.3 Å². The average Bonchev–Trinajstić information content (AvgIpc) is 3.20. The number of ether oxygens (including phenoxy) is 2. The Morgan fingerprint density at radius 2 is 1.88 bits per heavy atom. The van der Waals surface area contributed by atoms with Gasteiger partial charge in [0.25, 0.3) is 5.91 Å². The van der Waals surface area contributed by atoms with Gasteiger partial charge in [0.15, 0.2) is 6.61 Å². The minimum atomic E-state index is -4.70. The van der Waals surface area contributed by atoms with E-state index < -0.39 is 18.5 Å². The van der Waals surface area contributed by atoms with Crippen molar-refractivity contribution in [2.45, 2.75) is 56.3 Å². The van der Waals surface area contributed by atoms with Crippen LogP contribution in [0.1, 0.15) is 32.1 Å². The summed E-state index contributed by atoms with van der Waals surface area (Å²) in [7, 11) is 0. The highest BCUT2D eigenvalue weighted by Gasteiger charge is 2.57. The number of benzene rings is 1. The van der Waals surface area contributed by atoms with Crippen LogP contribution in [0.2, 0.25) is 5.02 Å². The fourth-order valence-corrected chi connectivity index (χ4v) is 5.04. The molecule has 3 aliphatic carbocycles. The second kappa shape index (κ2) is 9.07. The number of carbonyl (C=O) groups is 2. The van der Waals surface area contributed by atoms with E-state index in [-0.39, 0.29) is 43.0 Å². The third-order valence-electron chi connectivity index (χ3n) is 6.42. The van der Waals surface area contributed by atoms with Gasteiger partial charge in [0.2, 0.25) is 5.91 Å². The lowest BCUT2D eigenvalue weighted by atomic mass is 9.76. The van der Waals surface area contributed by atoms with E-state index in [0.717, 1.165) is 12.8 Å². The minimum absolute atomic E-state index is 0.0364. The second-order valence-corrected chi connectivity index (χ2v) is 9.23. The number of rotatable bonds is 7. The topological polar surface area (TPSA) is 88.7 Å². The van der Waals surface area contributed by atoms with E-state index >= 15 is 0 Å². The first-order chi connectivity index (χ1) is 15.1. The lowest BCUT2D eigenvalue weighted by Gasteiger charge is -2.40. The molecule has 176 valence electrons. The molecule has 32 heavy (non-hydrogen) atoms. The van der Waals surface area contributed by atoms with Gasteiger partial charge in [0.05, 0.1) is 5.92 Å². The van der Waals surface area contributed by atoms with Gasteiger partial charge in [0.1, 0.15) is 12.0 Å². The Hall–Kier alpha value is -2.04. The first-order valence-corrected chi connectivity index (χ1v) is 11.0. The van der Waals surface area contributed by atoms with Gasteiger partial charge < -0.3 is 15.4 Å². The summed E-state index contributed by atoms with van der Waals surface area (Å²) in [4.78, 5) is 24.9. The predicted octanol–water partition coefficient (Wildman–Crippen LogP) is 2.73. The van der Waals surface area contributed by atoms with Crippen LogP contribution < -0.4 is 20.7 Å². The van der Waals surface area contributed by atoms with E-state index in [9.17, 15) is 22.8 Å². The van der Waals surface area contributed by atoms with Gasteiger partial charge >= 0.3 is 6.36 Å². The number of carbonyl (C=O) groups excluding carboxylic acids is 2. The van der Waals surface area contributed by atoms with Crippen LogP contribution in [0.5, 0.6) is 5.75 Å². The minimum Gasteiger partial charge on any atom is -0.484 e. The molecule has 2 unspecified atom stereocenters. The van der Waals surface area contributed by atoms with Gasteiger partial charge in [-0.1, -0.05) is 11.6 Å². The lowest BCUT2D eigenvalue weighted by molar-refractivity contribution is -0.348. The molecule has 0 radical (unpaired) electrons. The van der Waals surface area contributed by atoms with E-state index in [1.807, 2.05) is 0 Å². The summed E-state index contributed by atoms with van der Waals surface area (Å²) >= 11 is 5.82. The number of hydrogen-bond donors (Lipinski definition) is 3. The van der Waals surface area contributed by atoms with Crippen molar-refractivity contribution in [1.82, 2.24) is 16.0 Å². The Bertz CT molecular complexity index is 838. The molecule has 0 aromatic heterocycles. The molecule has 1 saturated heterocycles. The summed E-state index contributed by atoms with van der Waals surface area (Å²) in [5.74, 6) is 0.0420. The number of halogens is 4. The molecular formula is C21H25ClF3N3O4. The highest BCUT2D eigenvalue weighted by Crippen LogP contribution is 2.52. The number of fused-ring (bicyclic) bond motifs is 1. The van der Waals surface area contributed by atoms with Crippen LogP contribution >= 0.6 is 11.6 Å². The van der Waals surface area contributed by atoms with Crippen molar-refractivity contribution in [3.05, 3.63) is 29.3 Å². The fourth-order valence-electron chi connectivity index (χ4n) is 4.91. The van der Waals surface area contributed by atoms with Gasteiger partial charge in [0, 0.05) is 23.1 Å². The van der Waals surface area contributed by atoms with Crippen molar-refractivity contribution in [2.24, 2.45) is 11.8 Å². The highest BCUT2D eigenvalue weighted by atomic mass is 35.5. The molecule has 3 atom stereocenters. The third-order valence-corrected chi connectivity index (χ3v) is 6.67. The van der Waals surface area contributed by atoms with Crippen molar-refractivity contribution in [2.75, 3.05) is 13.2 Å². The summed E-state index contributed by atoms with van der Waals surface area (Å²) in [6.45, 7) is 0.0212. The molecule has 4 aliphatic rings. The molecule has 2 bridgehead atoms. The van der Waals surface area contributed by atoms with E-state index in [1.165, 1.54) is 0 Å². The summed E-state index contributed by atoms with van der Waals surface area (Å²) in [6, 6.07) is 6.69. The smallest absolute Gasteiger partial charge is 0.484 e. The van der Waals surface area contributed by atoms with Crippen molar-refractivity contribution in [1.29, 1.82) is 0 Å². The molecule has 4 fully saturated rings. The first-order valence-electron chi connectivity index (χ1n) is 10.6. The van der Waals surface area contributed by atoms with Gasteiger partial charge in [-0.25, -0.2) is 0 Å². The summed E-state index contributed by atoms with van der Waals surface area (Å²) in [5.41, 5.74) is -0.351. The highest BCUT2D eigenvalue weighted by molar-refractivity contribution is 6.30. The summed E-state index contributed by atoms with van der Waals surface area (Å²) in [5, 5.41) is 9.29. The molecule has 1 aromatic rings. The quantitative estimate of drug-likeness (QED) is 0.564. The molecular weight excluding hydrogens is 451 g/mol. The third kappa shape index (κ3) is 5.65. The fraction of sp³-hybridized carbons (Fsp3) is 0.619. The van der Waals surface area contributed by atoms with Crippen LogP contribution in [0.4, 0.5) is 13.2 Å². The zero-order valence-electron chi connectivity index (χ0n) is 17.2. The zero-order chi connectivity index (χ0) is 22.9. The molecule has 2 amide bonds. The van der Waals surface area contributed by atoms with Gasteiger partial charge in [-0.3, -0.25) is 19.6 Å². The number of amides is 2. The first kappa shape index (κ1) is 23.1. The van der Waals surface area contributed by atoms with Gasteiger partial charge in [-0.05, 0) is 62.3 Å². The largest absolute Gasteiger partial charge is 0.524 e. The van der Waals surface area contributed by atoms with E-state index in [2.05, 4.69) is 20.7 Å². The van der Waals surface area contributed by atoms with Crippen molar-refractivity contribution >= 4 is 23.4 Å². The van der Waals surface area contributed by atoms with Crippen molar-refractivity contribution in [3.8, 4) is 5.75 Å². The SMILES string of the molecule is O=C(COc1ccc(Cl)cc1)N[C@H]1CC2(NC(=O)C3CCC(OC(F)(F)F)NC3)CC1C2. The molecule has 5 rings (SSSR count). The Morgan fingerprint density at radius 3 is 2.50 bits per heavy atom. The van der Waals surface area contributed by atoms with Crippen LogP contribution in [-0.2, 0) is 14.3 Å². The van der Waals surface area contributed by atoms with Gasteiger partial charge in [-0.2, -0.15) is 0 Å². The van der Waals surface area contributed by atoms with Crippen LogP contribution in [0.3, 0.4) is 0 Å². The monoisotopic (exact) mass is 475 g/mol. The maximum Gasteiger partial charge on any atom is 0.524 e. The number of hydrogen-bond acceptors (Lipinski definition) is 5. The number of piperidine rings is 1. The molecule has 1 aliphatic heterocycles. The zero-order valence-corrected chi connectivity index (χ0v) is 18.0. The van der Waals surface area contributed by atoms with E-state index in [4.69, 9.17) is 16.3 Å². The molecule has 0 spiro atoms. The molecule has 11 heteroatoms. The molecule has 1 heterocycles. The Kier molecular flexibility index (Phi) is 6.56. The molecule has 3 N–H and O–H groups in total. The predicted molar refractivity (Wildman–Crippen MR) is 109 cm³/mol. The van der Waals surface area contributed by atoms with Crippen LogP contribution in [0, 0.1) is 11.8 Å². The standard InChI is InChI=1S/C21H25ClF3N3O4/c22-14-2-4-15(5-3-14)31-11-17(29)27-16-9-20(7-13(16)8-20)28-19(30)12-1-6-18(26-10-12)32-21(23,24)25/h2-5,12-13,16,18,26H,1,6-11H2,(H,27,29)(H,28,30)/t12?,13?,16-,18?,20?/m0/s1. The van der Waals surface area contributed by atoms with Gasteiger partial charge in [-0.15, -0.1) is 13.2 Å². The number of nitrogens with one attached hydrogen (secondary N) is 3. The van der Waals surface area contributed by atoms with Crippen molar-refractivity contribution in [3.63, 3.8) is 0 Å². The Morgan fingerprint density at radius 1 is 1.16 bits per heavy atom. The second-order valence-electron chi connectivity index (χ2n) is 8.79. The average molecular weight is 476 g/mol.